The predicted molar refractivity (Wildman–Crippen MR) is 209 cm³/mol. The van der Waals surface area contributed by atoms with Crippen molar-refractivity contribution in [2.75, 3.05) is 0 Å². The van der Waals surface area contributed by atoms with Crippen LogP contribution in [0, 0.1) is 0 Å². The Labute approximate surface area is 294 Å². The topological polar surface area (TPSA) is 51.8 Å². The molecule has 0 spiro atoms. The molecular weight excluding hydrogens is 623 g/mol. The van der Waals surface area contributed by atoms with Crippen molar-refractivity contribution < 1.29 is 4.42 Å². The van der Waals surface area contributed by atoms with Crippen LogP contribution in [0.4, 0.5) is 0 Å². The fraction of sp³-hybridized carbons (Fsp3) is 0. The van der Waals surface area contributed by atoms with E-state index in [0.717, 1.165) is 55.3 Å². The highest BCUT2D eigenvalue weighted by Gasteiger charge is 2.22. The molecule has 0 aliphatic carbocycles. The molecule has 0 saturated heterocycles. The smallest absolute Gasteiger partial charge is 0.165 e. The summed E-state index contributed by atoms with van der Waals surface area (Å²) in [6.45, 7) is 0. The number of hydrogen-bond acceptors (Lipinski definition) is 4. The lowest BCUT2D eigenvalue weighted by Gasteiger charge is -2.15. The van der Waals surface area contributed by atoms with Crippen LogP contribution in [0.25, 0.3) is 99.9 Å². The van der Waals surface area contributed by atoms with Crippen molar-refractivity contribution >= 4 is 43.5 Å². The third-order valence-corrected chi connectivity index (χ3v) is 9.74. The Morgan fingerprint density at radius 3 is 1.55 bits per heavy atom. The molecule has 2 heterocycles. The van der Waals surface area contributed by atoms with Gasteiger partial charge in [-0.25, -0.2) is 15.0 Å². The Hall–Kier alpha value is -6.91. The molecule has 4 heteroatoms. The van der Waals surface area contributed by atoms with Crippen LogP contribution in [0.1, 0.15) is 0 Å². The molecule has 10 aromatic rings. The maximum Gasteiger partial charge on any atom is 0.165 e. The summed E-state index contributed by atoms with van der Waals surface area (Å²) in [6, 6.07) is 61.1. The largest absolute Gasteiger partial charge is 0.456 e. The summed E-state index contributed by atoms with van der Waals surface area (Å²) in [4.78, 5) is 15.4. The molecule has 0 radical (unpaired) electrons. The van der Waals surface area contributed by atoms with Crippen LogP contribution in [0.5, 0.6) is 0 Å². The van der Waals surface area contributed by atoms with Gasteiger partial charge in [-0.05, 0) is 68.1 Å². The van der Waals surface area contributed by atoms with Crippen molar-refractivity contribution in [3.8, 4) is 56.4 Å². The van der Waals surface area contributed by atoms with Gasteiger partial charge in [-0.3, -0.25) is 0 Å². The lowest BCUT2D eigenvalue weighted by Crippen LogP contribution is -2.01. The van der Waals surface area contributed by atoms with Gasteiger partial charge in [0.25, 0.3) is 0 Å². The number of furan rings is 1. The Bertz CT molecular complexity index is 2840. The third-order valence-electron chi connectivity index (χ3n) is 9.74. The van der Waals surface area contributed by atoms with Crippen LogP contribution in [0.2, 0.25) is 0 Å². The Morgan fingerprint density at radius 1 is 0.333 bits per heavy atom. The van der Waals surface area contributed by atoms with Crippen LogP contribution < -0.4 is 0 Å². The molecular formula is C47H29N3O. The first-order chi connectivity index (χ1) is 25.3. The summed E-state index contributed by atoms with van der Waals surface area (Å²) in [5, 5.41) is 6.99. The Balaban J connectivity index is 1.21. The van der Waals surface area contributed by atoms with Gasteiger partial charge in [-0.15, -0.1) is 0 Å². The van der Waals surface area contributed by atoms with E-state index < -0.39 is 0 Å². The minimum absolute atomic E-state index is 0.597. The Morgan fingerprint density at radius 2 is 0.863 bits per heavy atom. The molecule has 8 aromatic carbocycles. The predicted octanol–water partition coefficient (Wildman–Crippen LogP) is 12.4. The monoisotopic (exact) mass is 651 g/mol. The van der Waals surface area contributed by atoms with Gasteiger partial charge in [0.15, 0.2) is 17.5 Å². The van der Waals surface area contributed by atoms with E-state index in [0.29, 0.717) is 17.5 Å². The number of fused-ring (bicyclic) bond motifs is 6. The van der Waals surface area contributed by atoms with E-state index in [-0.39, 0.29) is 0 Å². The van der Waals surface area contributed by atoms with Crippen molar-refractivity contribution in [2.45, 2.75) is 0 Å². The minimum atomic E-state index is 0.597. The number of nitrogens with zero attached hydrogens (tertiary/aromatic N) is 3. The zero-order chi connectivity index (χ0) is 33.7. The van der Waals surface area contributed by atoms with E-state index in [1.807, 2.05) is 72.8 Å². The standard InChI is InChI=1S/C47H29N3O/c1-3-13-32(14-4-1)45-48-46(33-15-5-2-6-16-33)50-47(49-45)44-36(27-28-42-43(44)39-21-11-12-22-41(39)51-42)30-23-25-31(26-24-30)40-29-34-17-7-8-18-35(34)37-19-9-10-20-38(37)40/h1-29H. The van der Waals surface area contributed by atoms with E-state index in [1.54, 1.807) is 0 Å². The molecule has 0 N–H and O–H groups in total. The second-order valence-electron chi connectivity index (χ2n) is 12.8. The fourth-order valence-corrected chi connectivity index (χ4v) is 7.33. The maximum absolute atomic E-state index is 6.42. The first-order valence-electron chi connectivity index (χ1n) is 17.1. The molecule has 0 fully saturated rings. The molecule has 0 atom stereocenters. The average Bonchev–Trinajstić information content (AvgIpc) is 3.60. The Kier molecular flexibility index (Phi) is 6.78. The minimum Gasteiger partial charge on any atom is -0.456 e. The lowest BCUT2D eigenvalue weighted by molar-refractivity contribution is 0.669. The van der Waals surface area contributed by atoms with E-state index in [1.165, 1.54) is 27.1 Å². The average molecular weight is 652 g/mol. The second-order valence-corrected chi connectivity index (χ2v) is 12.8. The van der Waals surface area contributed by atoms with Crippen LogP contribution in [0.3, 0.4) is 0 Å². The molecule has 4 nitrogen and oxygen atoms in total. The van der Waals surface area contributed by atoms with Gasteiger partial charge in [0.2, 0.25) is 0 Å². The molecule has 2 aromatic heterocycles. The van der Waals surface area contributed by atoms with Gasteiger partial charge in [-0.2, -0.15) is 0 Å². The summed E-state index contributed by atoms with van der Waals surface area (Å²) >= 11 is 0. The van der Waals surface area contributed by atoms with Crippen LogP contribution in [0.15, 0.2) is 180 Å². The quantitative estimate of drug-likeness (QED) is 0.174. The third kappa shape index (κ3) is 4.96. The number of benzene rings is 8. The highest BCUT2D eigenvalue weighted by Crippen LogP contribution is 2.43. The van der Waals surface area contributed by atoms with Gasteiger partial charge in [0.05, 0.1) is 0 Å². The molecule has 0 amide bonds. The molecule has 0 aliphatic rings. The zero-order valence-corrected chi connectivity index (χ0v) is 27.5. The highest BCUT2D eigenvalue weighted by molar-refractivity contribution is 6.16. The van der Waals surface area contributed by atoms with Crippen molar-refractivity contribution in [1.29, 1.82) is 0 Å². The van der Waals surface area contributed by atoms with Gasteiger partial charge >= 0.3 is 0 Å². The zero-order valence-electron chi connectivity index (χ0n) is 27.5. The molecule has 0 saturated carbocycles. The second kappa shape index (κ2) is 11.9. The van der Waals surface area contributed by atoms with Gasteiger partial charge in [0.1, 0.15) is 11.2 Å². The van der Waals surface area contributed by atoms with Crippen molar-refractivity contribution in [3.05, 3.63) is 176 Å². The molecule has 10 rings (SSSR count). The van der Waals surface area contributed by atoms with E-state index >= 15 is 0 Å². The summed E-state index contributed by atoms with van der Waals surface area (Å²) in [7, 11) is 0. The van der Waals surface area contributed by atoms with E-state index in [4.69, 9.17) is 19.4 Å². The summed E-state index contributed by atoms with van der Waals surface area (Å²) in [5.41, 5.74) is 8.84. The van der Waals surface area contributed by atoms with Gasteiger partial charge in [0, 0.05) is 27.5 Å². The van der Waals surface area contributed by atoms with Crippen molar-refractivity contribution in [1.82, 2.24) is 15.0 Å². The first-order valence-corrected chi connectivity index (χ1v) is 17.1. The number of para-hydroxylation sites is 1. The molecule has 51 heavy (non-hydrogen) atoms. The highest BCUT2D eigenvalue weighted by atomic mass is 16.3. The summed E-state index contributed by atoms with van der Waals surface area (Å²) in [6.07, 6.45) is 0. The van der Waals surface area contributed by atoms with Crippen LogP contribution in [-0.4, -0.2) is 15.0 Å². The normalized spacial score (nSPS) is 11.5. The van der Waals surface area contributed by atoms with Crippen molar-refractivity contribution in [3.63, 3.8) is 0 Å². The fourth-order valence-electron chi connectivity index (χ4n) is 7.33. The first kappa shape index (κ1) is 29.0. The molecule has 0 unspecified atom stereocenters. The summed E-state index contributed by atoms with van der Waals surface area (Å²) < 4.78 is 6.42. The van der Waals surface area contributed by atoms with Crippen LogP contribution in [-0.2, 0) is 0 Å². The number of hydrogen-bond donors (Lipinski definition) is 0. The van der Waals surface area contributed by atoms with Gasteiger partial charge < -0.3 is 4.42 Å². The molecule has 0 aliphatic heterocycles. The maximum atomic E-state index is 6.42. The summed E-state index contributed by atoms with van der Waals surface area (Å²) in [5.74, 6) is 1.84. The van der Waals surface area contributed by atoms with Gasteiger partial charge in [-0.1, -0.05) is 152 Å². The van der Waals surface area contributed by atoms with Crippen LogP contribution >= 0.6 is 0 Å². The number of rotatable bonds is 5. The van der Waals surface area contributed by atoms with E-state index in [2.05, 4.69) is 103 Å². The van der Waals surface area contributed by atoms with E-state index in [9.17, 15) is 0 Å². The molecule has 0 bridgehead atoms. The van der Waals surface area contributed by atoms with Crippen molar-refractivity contribution in [2.24, 2.45) is 0 Å². The SMILES string of the molecule is c1ccc(-c2nc(-c3ccccc3)nc(-c3c(-c4ccc(-c5cc6ccccc6c6ccccc56)cc4)ccc4oc5ccccc5c34)n2)cc1. The molecule has 238 valence electrons. The number of aromatic nitrogens is 3. The lowest BCUT2D eigenvalue weighted by atomic mass is 9.91.